The Morgan fingerprint density at radius 2 is 1.89 bits per heavy atom. The number of piperidine rings is 1. The Hall–Kier alpha value is -0.570. The molecule has 1 aliphatic rings. The van der Waals surface area contributed by atoms with Crippen LogP contribution < -0.4 is 5.73 Å². The van der Waals surface area contributed by atoms with Crippen molar-refractivity contribution in [2.75, 3.05) is 19.6 Å². The second kappa shape index (κ2) is 8.57. The zero-order valence-electron chi connectivity index (χ0n) is 13.0. The highest BCUT2D eigenvalue weighted by atomic mass is 16.2. The molecular weight excluding hydrogens is 236 g/mol. The monoisotopic (exact) mass is 268 g/mol. The summed E-state index contributed by atoms with van der Waals surface area (Å²) in [7, 11) is 0. The van der Waals surface area contributed by atoms with Crippen molar-refractivity contribution in [2.24, 2.45) is 23.5 Å². The van der Waals surface area contributed by atoms with E-state index in [0.29, 0.717) is 24.2 Å². The summed E-state index contributed by atoms with van der Waals surface area (Å²) in [5, 5.41) is 0. The third kappa shape index (κ3) is 5.52. The van der Waals surface area contributed by atoms with E-state index in [1.165, 1.54) is 19.3 Å². The molecule has 0 aliphatic carbocycles. The second-order valence-electron chi connectivity index (χ2n) is 6.35. The van der Waals surface area contributed by atoms with Gasteiger partial charge < -0.3 is 10.6 Å². The molecule has 1 rings (SSSR count). The standard InChI is InChI=1S/C16H32N2O/c1-4-14-8-11-18(12-9-14)16(19)6-5-15(7-10-17)13(2)3/h13-15H,4-12,17H2,1-3H3. The molecule has 19 heavy (non-hydrogen) atoms. The van der Waals surface area contributed by atoms with Crippen LogP contribution in [0.1, 0.15) is 59.3 Å². The lowest BCUT2D eigenvalue weighted by molar-refractivity contribution is -0.133. The number of hydrogen-bond acceptors (Lipinski definition) is 2. The molecule has 1 amide bonds. The highest BCUT2D eigenvalue weighted by Crippen LogP contribution is 2.23. The van der Waals surface area contributed by atoms with E-state index in [-0.39, 0.29) is 0 Å². The first kappa shape index (κ1) is 16.5. The van der Waals surface area contributed by atoms with Gasteiger partial charge in [-0.05, 0) is 50.0 Å². The van der Waals surface area contributed by atoms with Gasteiger partial charge in [0.05, 0.1) is 0 Å². The van der Waals surface area contributed by atoms with Gasteiger partial charge in [-0.25, -0.2) is 0 Å². The van der Waals surface area contributed by atoms with Crippen molar-refractivity contribution in [2.45, 2.75) is 59.3 Å². The fourth-order valence-electron chi connectivity index (χ4n) is 3.08. The Bertz CT molecular complexity index is 257. The Labute approximate surface area is 118 Å². The first-order chi connectivity index (χ1) is 9.08. The number of carbonyl (C=O) groups excluding carboxylic acids is 1. The third-order valence-electron chi connectivity index (χ3n) is 4.75. The molecule has 0 saturated carbocycles. The maximum atomic E-state index is 12.2. The van der Waals surface area contributed by atoms with Gasteiger partial charge in [-0.3, -0.25) is 4.79 Å². The molecule has 1 saturated heterocycles. The first-order valence-corrected chi connectivity index (χ1v) is 8.06. The molecule has 1 aliphatic heterocycles. The summed E-state index contributed by atoms with van der Waals surface area (Å²) in [5.41, 5.74) is 5.65. The lowest BCUT2D eigenvalue weighted by atomic mass is 9.88. The Morgan fingerprint density at radius 1 is 1.26 bits per heavy atom. The van der Waals surface area contributed by atoms with E-state index in [1.807, 2.05) is 0 Å². The van der Waals surface area contributed by atoms with Crippen LogP contribution in [-0.4, -0.2) is 30.4 Å². The maximum Gasteiger partial charge on any atom is 0.222 e. The molecule has 3 heteroatoms. The number of nitrogens with two attached hydrogens (primary N) is 1. The normalized spacial score (nSPS) is 18.9. The van der Waals surface area contributed by atoms with Crippen LogP contribution in [0.25, 0.3) is 0 Å². The van der Waals surface area contributed by atoms with E-state index in [1.54, 1.807) is 0 Å². The SMILES string of the molecule is CCC1CCN(C(=O)CCC(CCN)C(C)C)CC1. The Kier molecular flexibility index (Phi) is 7.44. The summed E-state index contributed by atoms with van der Waals surface area (Å²) in [4.78, 5) is 14.3. The minimum Gasteiger partial charge on any atom is -0.343 e. The van der Waals surface area contributed by atoms with Crippen LogP contribution in [0.3, 0.4) is 0 Å². The number of likely N-dealkylation sites (tertiary alicyclic amines) is 1. The second-order valence-corrected chi connectivity index (χ2v) is 6.35. The molecule has 0 aromatic rings. The van der Waals surface area contributed by atoms with Gasteiger partial charge in [0, 0.05) is 19.5 Å². The summed E-state index contributed by atoms with van der Waals surface area (Å²) in [6, 6.07) is 0. The smallest absolute Gasteiger partial charge is 0.222 e. The molecule has 0 aromatic carbocycles. The number of hydrogen-bond donors (Lipinski definition) is 1. The van der Waals surface area contributed by atoms with Crippen molar-refractivity contribution in [3.05, 3.63) is 0 Å². The Morgan fingerprint density at radius 3 is 2.37 bits per heavy atom. The van der Waals surface area contributed by atoms with Gasteiger partial charge >= 0.3 is 0 Å². The highest BCUT2D eigenvalue weighted by Gasteiger charge is 2.22. The van der Waals surface area contributed by atoms with Crippen molar-refractivity contribution in [3.8, 4) is 0 Å². The van der Waals surface area contributed by atoms with Gasteiger partial charge in [-0.15, -0.1) is 0 Å². The summed E-state index contributed by atoms with van der Waals surface area (Å²) in [5.74, 6) is 2.42. The van der Waals surface area contributed by atoms with E-state index < -0.39 is 0 Å². The minimum absolute atomic E-state index is 0.359. The van der Waals surface area contributed by atoms with Gasteiger partial charge in [0.25, 0.3) is 0 Å². The maximum absolute atomic E-state index is 12.2. The molecule has 3 nitrogen and oxygen atoms in total. The van der Waals surface area contributed by atoms with Crippen molar-refractivity contribution >= 4 is 5.91 Å². The molecule has 0 bridgehead atoms. The zero-order valence-corrected chi connectivity index (χ0v) is 13.0. The van der Waals surface area contributed by atoms with Crippen LogP contribution in [0.2, 0.25) is 0 Å². The quantitative estimate of drug-likeness (QED) is 0.771. The average Bonchev–Trinajstić information content (AvgIpc) is 2.42. The van der Waals surface area contributed by atoms with Gasteiger partial charge in [0.1, 0.15) is 0 Å². The lowest BCUT2D eigenvalue weighted by Crippen LogP contribution is -2.38. The van der Waals surface area contributed by atoms with Crippen molar-refractivity contribution in [1.29, 1.82) is 0 Å². The molecule has 0 aromatic heterocycles. The van der Waals surface area contributed by atoms with E-state index in [2.05, 4.69) is 25.7 Å². The highest BCUT2D eigenvalue weighted by molar-refractivity contribution is 5.76. The van der Waals surface area contributed by atoms with Crippen LogP contribution in [0.15, 0.2) is 0 Å². The topological polar surface area (TPSA) is 46.3 Å². The van der Waals surface area contributed by atoms with Crippen LogP contribution in [0.4, 0.5) is 0 Å². The Balaban J connectivity index is 2.30. The lowest BCUT2D eigenvalue weighted by Gasteiger charge is -2.32. The van der Waals surface area contributed by atoms with E-state index in [9.17, 15) is 4.79 Å². The minimum atomic E-state index is 0.359. The van der Waals surface area contributed by atoms with Gasteiger partial charge in [-0.1, -0.05) is 27.2 Å². The molecule has 0 spiro atoms. The molecule has 1 atom stereocenters. The van der Waals surface area contributed by atoms with E-state index in [4.69, 9.17) is 5.73 Å². The van der Waals surface area contributed by atoms with Crippen molar-refractivity contribution < 1.29 is 4.79 Å². The predicted molar refractivity (Wildman–Crippen MR) is 80.8 cm³/mol. The van der Waals surface area contributed by atoms with E-state index >= 15 is 0 Å². The molecule has 1 fully saturated rings. The first-order valence-electron chi connectivity index (χ1n) is 8.06. The summed E-state index contributed by atoms with van der Waals surface area (Å²) in [6.07, 6.45) is 6.40. The number of nitrogens with zero attached hydrogens (tertiary/aromatic N) is 1. The molecule has 0 radical (unpaired) electrons. The van der Waals surface area contributed by atoms with Crippen LogP contribution in [0.5, 0.6) is 0 Å². The molecule has 1 unspecified atom stereocenters. The third-order valence-corrected chi connectivity index (χ3v) is 4.75. The largest absolute Gasteiger partial charge is 0.343 e. The summed E-state index contributed by atoms with van der Waals surface area (Å²) >= 11 is 0. The van der Waals surface area contributed by atoms with Crippen LogP contribution in [0, 0.1) is 17.8 Å². The van der Waals surface area contributed by atoms with Gasteiger partial charge in [-0.2, -0.15) is 0 Å². The fraction of sp³-hybridized carbons (Fsp3) is 0.938. The van der Waals surface area contributed by atoms with Gasteiger partial charge in [0.2, 0.25) is 5.91 Å². The zero-order chi connectivity index (χ0) is 14.3. The number of rotatable bonds is 7. The average molecular weight is 268 g/mol. The van der Waals surface area contributed by atoms with Crippen LogP contribution in [-0.2, 0) is 4.79 Å². The van der Waals surface area contributed by atoms with E-state index in [0.717, 1.165) is 38.4 Å². The van der Waals surface area contributed by atoms with Crippen molar-refractivity contribution in [1.82, 2.24) is 4.90 Å². The predicted octanol–water partition coefficient (Wildman–Crippen LogP) is 3.04. The number of amides is 1. The fourth-order valence-corrected chi connectivity index (χ4v) is 3.08. The molecular formula is C16H32N2O. The number of carbonyl (C=O) groups is 1. The van der Waals surface area contributed by atoms with Crippen molar-refractivity contribution in [3.63, 3.8) is 0 Å². The summed E-state index contributed by atoms with van der Waals surface area (Å²) in [6.45, 7) is 9.40. The molecule has 2 N–H and O–H groups in total. The van der Waals surface area contributed by atoms with Gasteiger partial charge in [0.15, 0.2) is 0 Å². The molecule has 112 valence electrons. The molecule has 1 heterocycles. The summed E-state index contributed by atoms with van der Waals surface area (Å²) < 4.78 is 0. The van der Waals surface area contributed by atoms with Crippen LogP contribution >= 0.6 is 0 Å².